The van der Waals surface area contributed by atoms with E-state index < -0.39 is 12.0 Å². The zero-order chi connectivity index (χ0) is 19.3. The molecule has 1 heterocycles. The molecule has 1 aromatic carbocycles. The summed E-state index contributed by atoms with van der Waals surface area (Å²) in [5, 5.41) is 2.83. The van der Waals surface area contributed by atoms with E-state index in [1.165, 1.54) is 7.11 Å². The smallest absolute Gasteiger partial charge is 0.328 e. The van der Waals surface area contributed by atoms with Crippen molar-refractivity contribution < 1.29 is 23.8 Å². The lowest BCUT2D eigenvalue weighted by Gasteiger charge is -2.32. The zero-order valence-corrected chi connectivity index (χ0v) is 16.1. The highest BCUT2D eigenvalue weighted by molar-refractivity contribution is 5.84. The highest BCUT2D eigenvalue weighted by Gasteiger charge is 2.30. The first-order valence-corrected chi connectivity index (χ1v) is 8.82. The Labute approximate surface area is 154 Å². The number of hydrogen-bond acceptors (Lipinski definition) is 5. The van der Waals surface area contributed by atoms with Gasteiger partial charge in [-0.1, -0.05) is 20.3 Å². The summed E-state index contributed by atoms with van der Waals surface area (Å²) in [5.41, 5.74) is 2.15. The third kappa shape index (κ3) is 4.20. The van der Waals surface area contributed by atoms with Gasteiger partial charge in [0.1, 0.15) is 6.04 Å². The van der Waals surface area contributed by atoms with Crippen LogP contribution >= 0.6 is 0 Å². The van der Waals surface area contributed by atoms with Gasteiger partial charge in [0.2, 0.25) is 0 Å². The summed E-state index contributed by atoms with van der Waals surface area (Å²) in [6.45, 7) is 4.92. The molecule has 0 saturated heterocycles. The number of amides is 2. The summed E-state index contributed by atoms with van der Waals surface area (Å²) < 4.78 is 15.5. The van der Waals surface area contributed by atoms with Crippen molar-refractivity contribution in [1.82, 2.24) is 10.2 Å². The zero-order valence-electron chi connectivity index (χ0n) is 16.1. The van der Waals surface area contributed by atoms with Crippen molar-refractivity contribution >= 4 is 12.0 Å². The molecule has 7 nitrogen and oxygen atoms in total. The van der Waals surface area contributed by atoms with Crippen molar-refractivity contribution in [2.24, 2.45) is 5.92 Å². The van der Waals surface area contributed by atoms with Crippen molar-refractivity contribution in [1.29, 1.82) is 0 Å². The van der Waals surface area contributed by atoms with E-state index in [-0.39, 0.29) is 11.9 Å². The van der Waals surface area contributed by atoms with Crippen LogP contribution in [0.3, 0.4) is 0 Å². The average molecular weight is 364 g/mol. The van der Waals surface area contributed by atoms with Gasteiger partial charge in [-0.05, 0) is 35.6 Å². The SMILES string of the molecule is CCC(C)C(NC(=O)N1CCc2cc(OC)c(OC)cc2C1)C(=O)OC. The molecule has 0 saturated carbocycles. The molecule has 2 atom stereocenters. The number of carbonyl (C=O) groups is 2. The van der Waals surface area contributed by atoms with Gasteiger partial charge in [-0.25, -0.2) is 9.59 Å². The van der Waals surface area contributed by atoms with Crippen LogP contribution in [-0.2, 0) is 22.5 Å². The van der Waals surface area contributed by atoms with Crippen LogP contribution in [0.25, 0.3) is 0 Å². The van der Waals surface area contributed by atoms with E-state index in [0.29, 0.717) is 24.6 Å². The number of fused-ring (bicyclic) bond motifs is 1. The average Bonchev–Trinajstić information content (AvgIpc) is 2.68. The Balaban J connectivity index is 2.14. The van der Waals surface area contributed by atoms with Crippen molar-refractivity contribution in [3.63, 3.8) is 0 Å². The third-order valence-corrected chi connectivity index (χ3v) is 4.95. The quantitative estimate of drug-likeness (QED) is 0.784. The Kier molecular flexibility index (Phi) is 6.71. The molecule has 0 fully saturated rings. The highest BCUT2D eigenvalue weighted by Crippen LogP contribution is 2.33. The summed E-state index contributed by atoms with van der Waals surface area (Å²) in [6.07, 6.45) is 1.48. The van der Waals surface area contributed by atoms with Gasteiger partial charge in [0, 0.05) is 13.1 Å². The standard InChI is InChI=1S/C19H28N2O5/c1-6-12(2)17(18(22)26-5)20-19(23)21-8-7-13-9-15(24-3)16(25-4)10-14(13)11-21/h9-10,12,17H,6-8,11H2,1-5H3,(H,20,23). The minimum atomic E-state index is -0.649. The number of benzene rings is 1. The maximum absolute atomic E-state index is 12.7. The minimum Gasteiger partial charge on any atom is -0.493 e. The first-order chi connectivity index (χ1) is 12.4. The van der Waals surface area contributed by atoms with E-state index in [0.717, 1.165) is 24.0 Å². The van der Waals surface area contributed by atoms with E-state index in [4.69, 9.17) is 14.2 Å². The van der Waals surface area contributed by atoms with Crippen LogP contribution in [0.1, 0.15) is 31.4 Å². The van der Waals surface area contributed by atoms with E-state index >= 15 is 0 Å². The highest BCUT2D eigenvalue weighted by atomic mass is 16.5. The maximum Gasteiger partial charge on any atom is 0.328 e. The fourth-order valence-corrected chi connectivity index (χ4v) is 3.08. The van der Waals surface area contributed by atoms with Crippen LogP contribution in [0.4, 0.5) is 4.79 Å². The third-order valence-electron chi connectivity index (χ3n) is 4.95. The number of hydrogen-bond donors (Lipinski definition) is 1. The molecule has 2 rings (SSSR count). The summed E-state index contributed by atoms with van der Waals surface area (Å²) in [4.78, 5) is 26.4. The van der Waals surface area contributed by atoms with E-state index in [2.05, 4.69) is 5.32 Å². The first-order valence-electron chi connectivity index (χ1n) is 8.82. The maximum atomic E-state index is 12.7. The lowest BCUT2D eigenvalue weighted by Crippen LogP contribution is -2.51. The van der Waals surface area contributed by atoms with Gasteiger partial charge in [-0.2, -0.15) is 0 Å². The van der Waals surface area contributed by atoms with Crippen LogP contribution in [0.5, 0.6) is 11.5 Å². The number of nitrogens with one attached hydrogen (secondary N) is 1. The molecule has 0 radical (unpaired) electrons. The second-order valence-electron chi connectivity index (χ2n) is 6.48. The molecular weight excluding hydrogens is 336 g/mol. The Morgan fingerprint density at radius 3 is 2.31 bits per heavy atom. The van der Waals surface area contributed by atoms with E-state index in [9.17, 15) is 9.59 Å². The molecule has 2 amide bonds. The molecule has 1 aliphatic heterocycles. The van der Waals surface area contributed by atoms with Crippen molar-refractivity contribution in [3.05, 3.63) is 23.3 Å². The minimum absolute atomic E-state index is 0.00664. The number of nitrogens with zero attached hydrogens (tertiary/aromatic N) is 1. The molecule has 1 N–H and O–H groups in total. The predicted octanol–water partition coefficient (Wildman–Crippen LogP) is 2.36. The monoisotopic (exact) mass is 364 g/mol. The van der Waals surface area contributed by atoms with E-state index in [1.54, 1.807) is 19.1 Å². The molecule has 0 aromatic heterocycles. The van der Waals surface area contributed by atoms with Crippen molar-refractivity contribution in [3.8, 4) is 11.5 Å². The van der Waals surface area contributed by atoms with Crippen LogP contribution in [0, 0.1) is 5.92 Å². The van der Waals surface area contributed by atoms with Gasteiger partial charge in [0.05, 0.1) is 21.3 Å². The number of carbonyl (C=O) groups excluding carboxylic acids is 2. The molecule has 7 heteroatoms. The summed E-state index contributed by atoms with van der Waals surface area (Å²) >= 11 is 0. The Hall–Kier alpha value is -2.44. The van der Waals surface area contributed by atoms with Crippen molar-refractivity contribution in [2.45, 2.75) is 39.3 Å². The summed E-state index contributed by atoms with van der Waals surface area (Å²) in [6, 6.07) is 2.95. The summed E-state index contributed by atoms with van der Waals surface area (Å²) in [5.74, 6) is 0.900. The van der Waals surface area contributed by atoms with Gasteiger partial charge < -0.3 is 24.4 Å². The Bertz CT molecular complexity index is 662. The Morgan fingerprint density at radius 1 is 1.15 bits per heavy atom. The predicted molar refractivity (Wildman–Crippen MR) is 97.5 cm³/mol. The normalized spacial score (nSPS) is 15.5. The number of rotatable bonds is 6. The van der Waals surface area contributed by atoms with Gasteiger partial charge in [0.25, 0.3) is 0 Å². The van der Waals surface area contributed by atoms with Gasteiger partial charge in [-0.15, -0.1) is 0 Å². The van der Waals surface area contributed by atoms with Gasteiger partial charge in [0.15, 0.2) is 11.5 Å². The van der Waals surface area contributed by atoms with Gasteiger partial charge >= 0.3 is 12.0 Å². The molecule has 1 aliphatic rings. The molecule has 2 unspecified atom stereocenters. The lowest BCUT2D eigenvalue weighted by atomic mass is 9.98. The van der Waals surface area contributed by atoms with Gasteiger partial charge in [-0.3, -0.25) is 0 Å². The van der Waals surface area contributed by atoms with Crippen LogP contribution < -0.4 is 14.8 Å². The molecular formula is C19H28N2O5. The number of urea groups is 1. The van der Waals surface area contributed by atoms with Crippen LogP contribution in [-0.4, -0.2) is 50.8 Å². The molecule has 0 spiro atoms. The van der Waals surface area contributed by atoms with E-state index in [1.807, 2.05) is 26.0 Å². The first kappa shape index (κ1) is 19.9. The van der Waals surface area contributed by atoms with Crippen LogP contribution in [0.2, 0.25) is 0 Å². The second kappa shape index (κ2) is 8.78. The second-order valence-corrected chi connectivity index (χ2v) is 6.48. The molecule has 1 aromatic rings. The fraction of sp³-hybridized carbons (Fsp3) is 0.579. The molecule has 0 aliphatic carbocycles. The molecule has 144 valence electrons. The van der Waals surface area contributed by atoms with Crippen molar-refractivity contribution in [2.75, 3.05) is 27.9 Å². The largest absolute Gasteiger partial charge is 0.493 e. The van der Waals surface area contributed by atoms with Crippen LogP contribution in [0.15, 0.2) is 12.1 Å². The summed E-state index contributed by atoms with van der Waals surface area (Å²) in [7, 11) is 4.53. The lowest BCUT2D eigenvalue weighted by molar-refractivity contribution is -0.144. The molecule has 26 heavy (non-hydrogen) atoms. The number of methoxy groups -OCH3 is 3. The fourth-order valence-electron chi connectivity index (χ4n) is 3.08. The Morgan fingerprint density at radius 2 is 1.77 bits per heavy atom. The topological polar surface area (TPSA) is 77.1 Å². The molecule has 0 bridgehead atoms. The number of esters is 1. The number of ether oxygens (including phenoxy) is 3.